The number of carbonyl (C=O) groups is 4. The minimum absolute atomic E-state index is 0.336. The number of fused-ring (bicyclic) bond motifs is 11. The number of rotatable bonds is 27. The van der Waals surface area contributed by atoms with E-state index in [0.717, 1.165) is 164 Å². The molecule has 7 heterocycles. The molecule has 22 rings (SSSR count). The van der Waals surface area contributed by atoms with Crippen LogP contribution >= 0.6 is 56.6 Å². The Labute approximate surface area is 894 Å². The molecule has 0 aliphatic heterocycles. The van der Waals surface area contributed by atoms with Crippen LogP contribution in [0, 0.1) is 73.2 Å². The van der Waals surface area contributed by atoms with Crippen molar-refractivity contribution in [3.8, 4) is 48.5 Å². The van der Waals surface area contributed by atoms with Crippen LogP contribution in [0.25, 0.3) is 117 Å². The van der Waals surface area contributed by atoms with Crippen molar-refractivity contribution < 1.29 is 38.1 Å². The van der Waals surface area contributed by atoms with Gasteiger partial charge in [0.2, 0.25) is 0 Å². The molecule has 0 atom stereocenters. The fourth-order valence-corrected chi connectivity index (χ4v) is 23.1. The lowest BCUT2D eigenvalue weighted by molar-refractivity contribution is 0.0592. The van der Waals surface area contributed by atoms with Gasteiger partial charge < -0.3 is 37.2 Å². The highest BCUT2D eigenvalue weighted by Crippen LogP contribution is 2.38. The lowest BCUT2D eigenvalue weighted by Crippen LogP contribution is -2.07. The van der Waals surface area contributed by atoms with Crippen LogP contribution in [-0.4, -0.2) is 85.5 Å². The summed E-state index contributed by atoms with van der Waals surface area (Å²) in [4.78, 5) is 62.7. The fraction of sp³-hybridized carbons (Fsp3) is 0.173. The van der Waals surface area contributed by atoms with Crippen LogP contribution in [0.3, 0.4) is 0 Å². The molecule has 0 aliphatic carbocycles. The number of thiazole rings is 3. The molecular weight excluding hydrogens is 2030 g/mol. The van der Waals surface area contributed by atoms with Crippen molar-refractivity contribution in [1.29, 1.82) is 21.0 Å². The van der Waals surface area contributed by atoms with E-state index in [0.29, 0.717) is 74.1 Å². The Bertz CT molecular complexity index is 9070. The number of para-hydroxylation sites is 3. The highest BCUT2D eigenvalue weighted by Gasteiger charge is 2.25. The molecule has 0 unspecified atom stereocenters. The maximum Gasteiger partial charge on any atom is 0.337 e. The molecule has 19 nitrogen and oxygen atoms in total. The van der Waals surface area contributed by atoms with Gasteiger partial charge in [-0.3, -0.25) is 0 Å². The van der Waals surface area contributed by atoms with Crippen molar-refractivity contribution in [1.82, 2.24) is 33.2 Å². The molecule has 0 saturated heterocycles. The number of hydrogen-bond donors (Lipinski definition) is 0. The molecule has 0 radical (unpaired) electrons. The highest BCUT2D eigenvalue weighted by atomic mass is 127. The third kappa shape index (κ3) is 23.9. The van der Waals surface area contributed by atoms with Crippen LogP contribution in [0.4, 0.5) is 0 Å². The van der Waals surface area contributed by atoms with Gasteiger partial charge in [-0.1, -0.05) is 206 Å². The average Bonchev–Trinajstić information content (AvgIpc) is 1.62. The van der Waals surface area contributed by atoms with E-state index in [9.17, 15) is 29.7 Å². The molecule has 0 spiro atoms. The monoisotopic (exact) mass is 2130 g/mol. The topological polar surface area (TPSA) is 259 Å². The number of carbonyl (C=O) groups excluding carboxylic acids is 4. The van der Waals surface area contributed by atoms with Gasteiger partial charge in [-0.15, -0.1) is 40.4 Å². The number of benzene rings is 15. The van der Waals surface area contributed by atoms with Gasteiger partial charge >= 0.3 is 23.9 Å². The van der Waals surface area contributed by atoms with Crippen molar-refractivity contribution in [3.05, 3.63) is 419 Å². The number of esters is 4. The lowest BCUT2D eigenvalue weighted by atomic mass is 9.97. The van der Waals surface area contributed by atoms with Crippen molar-refractivity contribution in [2.24, 2.45) is 0 Å². The number of aryl methyl sites for hydroxylation is 13. The first-order chi connectivity index (χ1) is 73.5. The van der Waals surface area contributed by atoms with E-state index in [1.165, 1.54) is 121 Å². The molecule has 7 aromatic heterocycles. The van der Waals surface area contributed by atoms with E-state index >= 15 is 0 Å². The summed E-state index contributed by atoms with van der Waals surface area (Å²) >= 11 is 7.22. The summed E-state index contributed by atoms with van der Waals surface area (Å²) in [6, 6.07) is 116. The summed E-state index contributed by atoms with van der Waals surface area (Å²) in [7, 11) is 5.59. The molecule has 0 saturated carbocycles. The van der Waals surface area contributed by atoms with Gasteiger partial charge in [-0.25, -0.2) is 34.1 Å². The standard InChI is InChI=1S/C34H29N3O2S.C34H25N3O2S.C25H21IN2O2.C25H22N2O2.C9H5NS/c2*1-39-34(38)26-14-16-31-28(22-26)27(15-12-23-11-13-24-7-2-3-8-25(24)21-23)30(37(31)20-6-19-35)17-18-33-36-29-9-4-5-10-32(29)40-33;1-30-25(29)20-10-12-23-22(16-20)21(24(26)28(23)14-4-13-27)11-8-17-7-9-18-5-2-3-6-19(18)15-17;1-29-25(28)21-11-12-24-23(16-21)22(17-27(24)14-4-13-26)10-8-18-7-9-19-5-2-3-6-20(19)15-18;1-2-9-10-7-5-3-4-6-8(7)11-9/h2-5,7-11,13-14,16,21-22H,6,12,15,17-18,20H2,1H3;2-5,7-11,13-14,16,21-22H,6,12,15,20H2,1H3;2-3,5-7,9-10,12,15-16H,4,8,11,14H2,1H3;2-3,5-7,9,11-12,15-17H,4,8,10,14H2,1H3;1,3-6H. The predicted octanol–water partition coefficient (Wildman–Crippen LogP) is 28.4. The molecular formula is C127H102IN11O8S3. The van der Waals surface area contributed by atoms with Crippen LogP contribution in [0.5, 0.6) is 0 Å². The van der Waals surface area contributed by atoms with Crippen LogP contribution in [0.15, 0.2) is 322 Å². The van der Waals surface area contributed by atoms with E-state index in [1.54, 1.807) is 52.2 Å². The second-order valence-electron chi connectivity index (χ2n) is 36.0. The van der Waals surface area contributed by atoms with E-state index in [2.05, 4.69) is 270 Å². The average molecular weight is 2130 g/mol. The maximum absolute atomic E-state index is 12.5. The van der Waals surface area contributed by atoms with E-state index in [4.69, 9.17) is 45.9 Å². The zero-order valence-electron chi connectivity index (χ0n) is 83.2. The maximum atomic E-state index is 12.5. The van der Waals surface area contributed by atoms with Gasteiger partial charge in [-0.2, -0.15) is 21.0 Å². The fourth-order valence-electron chi connectivity index (χ4n) is 19.5. The summed E-state index contributed by atoms with van der Waals surface area (Å²) in [5.74, 6) is 7.85. The number of ether oxygens (including phenoxy) is 4. The Kier molecular flexibility index (Phi) is 33.5. The van der Waals surface area contributed by atoms with Gasteiger partial charge in [0.1, 0.15) is 0 Å². The molecule has 23 heteroatoms. The van der Waals surface area contributed by atoms with Crippen molar-refractivity contribution in [2.45, 2.75) is 116 Å². The molecule has 0 N–H and O–H groups in total. The minimum atomic E-state index is -0.380. The van der Waals surface area contributed by atoms with Gasteiger partial charge in [0.15, 0.2) is 10.0 Å². The third-order valence-electron chi connectivity index (χ3n) is 26.8. The first-order valence-electron chi connectivity index (χ1n) is 49.5. The van der Waals surface area contributed by atoms with Crippen molar-refractivity contribution in [2.75, 3.05) is 28.4 Å². The number of halogens is 1. The summed E-state index contributed by atoms with van der Waals surface area (Å²) < 4.78 is 33.1. The number of aromatic nitrogens is 7. The first kappa shape index (κ1) is 103. The second-order valence-corrected chi connectivity index (χ2v) is 40.2. The SMILES string of the molecule is C#Cc1nc2ccccc2s1.COC(=O)c1ccc2c(c1)c(CCc1ccc3ccccc3c1)c(C#Cc1nc3ccccc3s1)n2CCC#N.COC(=O)c1ccc2c(c1)c(CCc1ccc3ccccc3c1)c(CCc1nc3ccccc3s1)n2CCC#N.COC(=O)c1ccc2c(c1)c(CCc1ccc3ccccc3c1)c(I)n2CCC#N.COC(=O)c1ccc2c(c1)c(CCc1ccc3ccccc3c1)cn2CCC#N. The van der Waals surface area contributed by atoms with Crippen LogP contribution in [0.2, 0.25) is 0 Å². The van der Waals surface area contributed by atoms with Crippen molar-refractivity contribution >= 4 is 198 Å². The molecule has 150 heavy (non-hydrogen) atoms. The number of nitriles is 4. The van der Waals surface area contributed by atoms with Gasteiger partial charge in [0.25, 0.3) is 0 Å². The largest absolute Gasteiger partial charge is 0.465 e. The summed E-state index contributed by atoms with van der Waals surface area (Å²) in [6.07, 6.45) is 17.4. The summed E-state index contributed by atoms with van der Waals surface area (Å²) in [5, 5.41) is 53.5. The Morgan fingerprint density at radius 1 is 0.327 bits per heavy atom. The highest BCUT2D eigenvalue weighted by molar-refractivity contribution is 14.1. The zero-order valence-corrected chi connectivity index (χ0v) is 87.8. The summed E-state index contributed by atoms with van der Waals surface area (Å²) in [6.45, 7) is 2.39. The Hall–Kier alpha value is -17.1. The van der Waals surface area contributed by atoms with Crippen molar-refractivity contribution in [3.63, 3.8) is 0 Å². The van der Waals surface area contributed by atoms with Gasteiger partial charge in [0.05, 0.1) is 146 Å². The van der Waals surface area contributed by atoms with E-state index < -0.39 is 0 Å². The van der Waals surface area contributed by atoms with E-state index in [-0.39, 0.29) is 23.9 Å². The molecule has 22 aromatic rings. The molecule has 15 aromatic carbocycles. The molecule has 0 fully saturated rings. The summed E-state index contributed by atoms with van der Waals surface area (Å²) in [5.41, 5.74) is 21.0. The van der Waals surface area contributed by atoms with E-state index in [1.807, 2.05) is 121 Å². The first-order valence-corrected chi connectivity index (χ1v) is 53.0. The quantitative estimate of drug-likeness (QED) is 0.0201. The number of terminal acetylenes is 1. The van der Waals surface area contributed by atoms with Crippen LogP contribution in [0.1, 0.15) is 138 Å². The number of methoxy groups -OCH3 is 4. The second kappa shape index (κ2) is 48.9. The Morgan fingerprint density at radius 3 is 1.13 bits per heavy atom. The Balaban J connectivity index is 0.000000127. The lowest BCUT2D eigenvalue weighted by Gasteiger charge is -2.11. The van der Waals surface area contributed by atoms with Crippen LogP contribution < -0.4 is 0 Å². The minimum Gasteiger partial charge on any atom is -0.465 e. The number of nitrogens with zero attached hydrogens (tertiary/aromatic N) is 11. The number of hydrogen-bond acceptors (Lipinski definition) is 18. The molecule has 738 valence electrons. The smallest absolute Gasteiger partial charge is 0.337 e. The zero-order chi connectivity index (χ0) is 104. The molecule has 0 bridgehead atoms. The molecule has 0 amide bonds. The van der Waals surface area contributed by atoms with Crippen LogP contribution in [-0.2, 0) is 109 Å². The van der Waals surface area contributed by atoms with Gasteiger partial charge in [0, 0.05) is 88.1 Å². The predicted molar refractivity (Wildman–Crippen MR) is 612 cm³/mol. The third-order valence-corrected chi connectivity index (χ3v) is 31.1. The normalized spacial score (nSPS) is 10.9. The van der Waals surface area contributed by atoms with Gasteiger partial charge in [-0.05, 0) is 295 Å². The molecule has 0 aliphatic rings. The Morgan fingerprint density at radius 2 is 0.680 bits per heavy atom.